The second kappa shape index (κ2) is 5.67. The molecule has 2 aromatic rings. The lowest BCUT2D eigenvalue weighted by atomic mass is 10.2. The van der Waals surface area contributed by atoms with Gasteiger partial charge in [0.05, 0.1) is 5.56 Å². The van der Waals surface area contributed by atoms with Crippen LogP contribution < -0.4 is 5.32 Å². The molecule has 9 heteroatoms. The third-order valence-electron chi connectivity index (χ3n) is 3.40. The fraction of sp³-hybridized carbons (Fsp3) is 0.357. The van der Waals surface area contributed by atoms with Crippen molar-refractivity contribution in [1.29, 1.82) is 0 Å². The van der Waals surface area contributed by atoms with Crippen molar-refractivity contribution in [2.75, 3.05) is 11.9 Å². The Morgan fingerprint density at radius 2 is 1.91 bits per heavy atom. The molecule has 0 bridgehead atoms. The van der Waals surface area contributed by atoms with Gasteiger partial charge in [0.15, 0.2) is 0 Å². The maximum Gasteiger partial charge on any atom is 0.322 e. The molecule has 0 spiro atoms. The van der Waals surface area contributed by atoms with Gasteiger partial charge >= 0.3 is 6.01 Å². The highest BCUT2D eigenvalue weighted by molar-refractivity contribution is 6.05. The standard InChI is InChI=1S/C14H14N4O5/c1-7-5-9(8(2)22-7)13-16-17-14(23-13)15-10(19)6-18-11(20)3-4-12(18)21/h5H,3-4,6H2,1-2H3,(H,15,17,19). The monoisotopic (exact) mass is 318 g/mol. The minimum atomic E-state index is -0.580. The van der Waals surface area contributed by atoms with Crippen LogP contribution in [0.1, 0.15) is 24.4 Å². The molecule has 0 unspecified atom stereocenters. The first-order valence-electron chi connectivity index (χ1n) is 6.98. The zero-order chi connectivity index (χ0) is 16.6. The quantitative estimate of drug-likeness (QED) is 0.836. The molecule has 1 aliphatic heterocycles. The molecule has 1 N–H and O–H groups in total. The molecule has 0 atom stereocenters. The van der Waals surface area contributed by atoms with Crippen molar-refractivity contribution in [3.05, 3.63) is 17.6 Å². The third-order valence-corrected chi connectivity index (χ3v) is 3.40. The van der Waals surface area contributed by atoms with Crippen LogP contribution in [0.2, 0.25) is 0 Å². The lowest BCUT2D eigenvalue weighted by Gasteiger charge is -2.11. The van der Waals surface area contributed by atoms with E-state index in [0.29, 0.717) is 17.1 Å². The number of carbonyl (C=O) groups excluding carboxylic acids is 3. The number of aryl methyl sites for hydroxylation is 2. The maximum absolute atomic E-state index is 11.9. The van der Waals surface area contributed by atoms with E-state index in [1.807, 2.05) is 0 Å². The van der Waals surface area contributed by atoms with Crippen LogP contribution in [0.25, 0.3) is 11.5 Å². The minimum absolute atomic E-state index is 0.109. The molecule has 1 saturated heterocycles. The van der Waals surface area contributed by atoms with E-state index in [0.717, 1.165) is 4.90 Å². The lowest BCUT2D eigenvalue weighted by molar-refractivity contribution is -0.141. The average Bonchev–Trinajstić information content (AvgIpc) is 3.15. The predicted molar refractivity (Wildman–Crippen MR) is 76.1 cm³/mol. The number of carbonyl (C=O) groups is 3. The Labute approximate surface area is 130 Å². The summed E-state index contributed by atoms with van der Waals surface area (Å²) in [7, 11) is 0. The second-order valence-electron chi connectivity index (χ2n) is 5.16. The molecular weight excluding hydrogens is 304 g/mol. The molecule has 120 valence electrons. The molecular formula is C14H14N4O5. The zero-order valence-corrected chi connectivity index (χ0v) is 12.6. The minimum Gasteiger partial charge on any atom is -0.466 e. The lowest BCUT2D eigenvalue weighted by Crippen LogP contribution is -2.36. The van der Waals surface area contributed by atoms with Gasteiger partial charge in [-0.1, -0.05) is 5.10 Å². The number of rotatable bonds is 4. The van der Waals surface area contributed by atoms with Gasteiger partial charge in [-0.3, -0.25) is 24.6 Å². The molecule has 0 aliphatic carbocycles. The van der Waals surface area contributed by atoms with Crippen LogP contribution in [0.3, 0.4) is 0 Å². The van der Waals surface area contributed by atoms with Crippen LogP contribution >= 0.6 is 0 Å². The van der Waals surface area contributed by atoms with E-state index in [4.69, 9.17) is 8.83 Å². The van der Waals surface area contributed by atoms with E-state index in [-0.39, 0.29) is 43.1 Å². The topological polar surface area (TPSA) is 119 Å². The number of furan rings is 1. The number of anilines is 1. The molecule has 3 heterocycles. The van der Waals surface area contributed by atoms with Gasteiger partial charge in [-0.05, 0) is 19.9 Å². The summed E-state index contributed by atoms with van der Waals surface area (Å²) in [5.74, 6) is 0.234. The first kappa shape index (κ1) is 14.9. The van der Waals surface area contributed by atoms with E-state index in [2.05, 4.69) is 15.5 Å². The Balaban J connectivity index is 1.67. The summed E-state index contributed by atoms with van der Waals surface area (Å²) in [6, 6.07) is 1.64. The van der Waals surface area contributed by atoms with Gasteiger partial charge in [0, 0.05) is 12.8 Å². The SMILES string of the molecule is Cc1cc(-c2nnc(NC(=O)CN3C(=O)CCC3=O)o2)c(C)o1. The van der Waals surface area contributed by atoms with Gasteiger partial charge in [0.25, 0.3) is 5.89 Å². The van der Waals surface area contributed by atoms with Crippen LogP contribution in [-0.2, 0) is 14.4 Å². The van der Waals surface area contributed by atoms with Crippen LogP contribution in [0.15, 0.2) is 14.9 Å². The number of hydrogen-bond donors (Lipinski definition) is 1. The highest BCUT2D eigenvalue weighted by Crippen LogP contribution is 2.26. The predicted octanol–water partition coefficient (Wildman–Crippen LogP) is 1.03. The van der Waals surface area contributed by atoms with E-state index in [1.165, 1.54) is 0 Å². The van der Waals surface area contributed by atoms with Crippen molar-refractivity contribution in [3.8, 4) is 11.5 Å². The largest absolute Gasteiger partial charge is 0.466 e. The molecule has 23 heavy (non-hydrogen) atoms. The summed E-state index contributed by atoms with van der Waals surface area (Å²) in [4.78, 5) is 35.7. The van der Waals surface area contributed by atoms with E-state index >= 15 is 0 Å². The number of hydrogen-bond acceptors (Lipinski definition) is 7. The first-order valence-corrected chi connectivity index (χ1v) is 6.98. The van der Waals surface area contributed by atoms with Gasteiger partial charge in [-0.15, -0.1) is 5.10 Å². The Kier molecular flexibility index (Phi) is 3.68. The molecule has 3 rings (SSSR count). The van der Waals surface area contributed by atoms with Crippen molar-refractivity contribution < 1.29 is 23.2 Å². The molecule has 1 fully saturated rings. The smallest absolute Gasteiger partial charge is 0.322 e. The van der Waals surface area contributed by atoms with Crippen molar-refractivity contribution in [3.63, 3.8) is 0 Å². The Bertz CT molecular complexity index is 775. The Morgan fingerprint density at radius 3 is 2.52 bits per heavy atom. The fourth-order valence-electron chi connectivity index (χ4n) is 2.33. The van der Waals surface area contributed by atoms with Crippen molar-refractivity contribution in [1.82, 2.24) is 15.1 Å². The number of imide groups is 1. The summed E-state index contributed by atoms with van der Waals surface area (Å²) >= 11 is 0. The first-order chi connectivity index (χ1) is 10.9. The number of nitrogens with one attached hydrogen (secondary N) is 1. The summed E-state index contributed by atoms with van der Waals surface area (Å²) in [5.41, 5.74) is 0.639. The van der Waals surface area contributed by atoms with Gasteiger partial charge < -0.3 is 8.83 Å². The van der Waals surface area contributed by atoms with Gasteiger partial charge in [0.2, 0.25) is 17.7 Å². The Morgan fingerprint density at radius 1 is 1.22 bits per heavy atom. The third kappa shape index (κ3) is 2.98. The molecule has 9 nitrogen and oxygen atoms in total. The van der Waals surface area contributed by atoms with Crippen molar-refractivity contribution in [2.24, 2.45) is 0 Å². The second-order valence-corrected chi connectivity index (χ2v) is 5.16. The normalized spacial score (nSPS) is 14.6. The number of aromatic nitrogens is 2. The van der Waals surface area contributed by atoms with E-state index in [9.17, 15) is 14.4 Å². The molecule has 2 aromatic heterocycles. The fourth-order valence-corrected chi connectivity index (χ4v) is 2.33. The van der Waals surface area contributed by atoms with Gasteiger partial charge in [0.1, 0.15) is 18.1 Å². The van der Waals surface area contributed by atoms with Gasteiger partial charge in [-0.25, -0.2) is 0 Å². The Hall–Kier alpha value is -2.97. The van der Waals surface area contributed by atoms with Crippen LogP contribution in [0, 0.1) is 13.8 Å². The zero-order valence-electron chi connectivity index (χ0n) is 12.6. The van der Waals surface area contributed by atoms with E-state index in [1.54, 1.807) is 19.9 Å². The molecule has 0 radical (unpaired) electrons. The van der Waals surface area contributed by atoms with Crippen molar-refractivity contribution in [2.45, 2.75) is 26.7 Å². The number of likely N-dealkylation sites (tertiary alicyclic amines) is 1. The molecule has 0 saturated carbocycles. The molecule has 0 aromatic carbocycles. The summed E-state index contributed by atoms with van der Waals surface area (Å²) < 4.78 is 10.7. The summed E-state index contributed by atoms with van der Waals surface area (Å²) in [5, 5.41) is 9.92. The van der Waals surface area contributed by atoms with Gasteiger partial charge in [-0.2, -0.15) is 0 Å². The van der Waals surface area contributed by atoms with Crippen LogP contribution in [0.5, 0.6) is 0 Å². The van der Waals surface area contributed by atoms with Crippen LogP contribution in [0.4, 0.5) is 6.01 Å². The molecule has 1 aliphatic rings. The number of nitrogens with zero attached hydrogens (tertiary/aromatic N) is 3. The highest BCUT2D eigenvalue weighted by atomic mass is 16.4. The maximum atomic E-state index is 11.9. The van der Waals surface area contributed by atoms with Crippen LogP contribution in [-0.4, -0.2) is 39.4 Å². The number of amides is 3. The van der Waals surface area contributed by atoms with Crippen molar-refractivity contribution >= 4 is 23.7 Å². The molecule has 3 amide bonds. The summed E-state index contributed by atoms with van der Waals surface area (Å²) in [6.45, 7) is 3.19. The summed E-state index contributed by atoms with van der Waals surface area (Å²) in [6.07, 6.45) is 0.270. The highest BCUT2D eigenvalue weighted by Gasteiger charge is 2.30. The average molecular weight is 318 g/mol. The van der Waals surface area contributed by atoms with E-state index < -0.39 is 5.91 Å².